The summed E-state index contributed by atoms with van der Waals surface area (Å²) in [6, 6.07) is 12.6. The van der Waals surface area contributed by atoms with Crippen molar-refractivity contribution < 1.29 is 18.8 Å². The van der Waals surface area contributed by atoms with Gasteiger partial charge in [-0.15, -0.1) is 10.2 Å². The number of thioether (sulfide) groups is 1. The van der Waals surface area contributed by atoms with Crippen molar-refractivity contribution >= 4 is 57.2 Å². The summed E-state index contributed by atoms with van der Waals surface area (Å²) in [4.78, 5) is 39.0. The number of aromatic nitrogens is 2. The van der Waals surface area contributed by atoms with Crippen molar-refractivity contribution in [2.75, 3.05) is 21.3 Å². The molecule has 13 heteroatoms. The molecule has 0 saturated heterocycles. The van der Waals surface area contributed by atoms with E-state index >= 15 is 0 Å². The van der Waals surface area contributed by atoms with Crippen LogP contribution < -0.4 is 21.3 Å². The number of nitrogens with zero attached hydrogens (tertiary/aromatic N) is 4. The fourth-order valence-electron chi connectivity index (χ4n) is 5.14. The van der Waals surface area contributed by atoms with Crippen LogP contribution in [0.2, 0.25) is 0 Å². The number of hydrogen-bond donors (Lipinski definition) is 3. The van der Waals surface area contributed by atoms with Crippen molar-refractivity contribution in [2.24, 2.45) is 11.1 Å². The number of benzene rings is 1. The molecule has 3 aromatic rings. The number of carbonyl (C=O) groups excluding carboxylic acids is 3. The number of nitrogens with two attached hydrogens (primary N) is 1. The second-order valence-electron chi connectivity index (χ2n) is 10.9. The van der Waals surface area contributed by atoms with Crippen LogP contribution in [0.1, 0.15) is 51.1 Å². The number of ketones is 1. The summed E-state index contributed by atoms with van der Waals surface area (Å²) < 4.78 is 6.41. The first-order valence-electron chi connectivity index (χ1n) is 13.1. The fourth-order valence-corrected chi connectivity index (χ4v) is 6.82. The number of furan rings is 1. The van der Waals surface area contributed by atoms with E-state index in [4.69, 9.17) is 10.2 Å². The minimum absolute atomic E-state index is 0.0635. The van der Waals surface area contributed by atoms with Crippen LogP contribution in [0.5, 0.6) is 0 Å². The number of nitriles is 1. The van der Waals surface area contributed by atoms with Gasteiger partial charge < -0.3 is 20.8 Å². The van der Waals surface area contributed by atoms with Crippen LogP contribution in [0.25, 0.3) is 0 Å². The molecule has 2 aromatic heterocycles. The van der Waals surface area contributed by atoms with E-state index in [2.05, 4.69) is 26.9 Å². The van der Waals surface area contributed by atoms with Gasteiger partial charge in [0.05, 0.1) is 23.3 Å². The molecule has 3 heterocycles. The van der Waals surface area contributed by atoms with E-state index in [1.807, 2.05) is 20.8 Å². The molecule has 1 aliphatic carbocycles. The Labute approximate surface area is 250 Å². The summed E-state index contributed by atoms with van der Waals surface area (Å²) in [6.45, 7) is 7.27. The first kappa shape index (κ1) is 29.1. The molecule has 0 spiro atoms. The second kappa shape index (κ2) is 11.5. The number of anilines is 3. The lowest BCUT2D eigenvalue weighted by Crippen LogP contribution is -2.42. The number of allylic oxidation sites excluding steroid dienone is 3. The SMILES string of the molecule is CC(=O)Nc1ccc(NC(=O)CSc2nnc(N3C(N)=C(C#N)C(c4ccc(C)o4)C4=C3CC(C)(C)CC4=O)s2)cc1. The van der Waals surface area contributed by atoms with Gasteiger partial charge in [0.15, 0.2) is 10.1 Å². The Morgan fingerprint density at radius 3 is 2.48 bits per heavy atom. The largest absolute Gasteiger partial charge is 0.465 e. The highest BCUT2D eigenvalue weighted by Crippen LogP contribution is 2.51. The van der Waals surface area contributed by atoms with Crippen molar-refractivity contribution in [1.29, 1.82) is 5.26 Å². The minimum atomic E-state index is -0.698. The van der Waals surface area contributed by atoms with Crippen LogP contribution >= 0.6 is 23.1 Å². The summed E-state index contributed by atoms with van der Waals surface area (Å²) in [5, 5.41) is 24.7. The highest BCUT2D eigenvalue weighted by Gasteiger charge is 2.46. The second-order valence-corrected chi connectivity index (χ2v) is 13.1. The summed E-state index contributed by atoms with van der Waals surface area (Å²) in [7, 11) is 0. The number of Topliss-reactive ketones (excluding diaryl/α,β-unsaturated/α-hetero) is 1. The molecule has 216 valence electrons. The van der Waals surface area contributed by atoms with Crippen molar-refractivity contribution in [3.05, 3.63) is 70.6 Å². The van der Waals surface area contributed by atoms with Crippen LogP contribution in [0.4, 0.5) is 16.5 Å². The summed E-state index contributed by atoms with van der Waals surface area (Å²) in [5.74, 6) is 0.244. The van der Waals surface area contributed by atoms with Crippen LogP contribution in [0.3, 0.4) is 0 Å². The maximum Gasteiger partial charge on any atom is 0.234 e. The van der Waals surface area contributed by atoms with E-state index in [-0.39, 0.29) is 40.2 Å². The zero-order valence-corrected chi connectivity index (χ0v) is 25.1. The van der Waals surface area contributed by atoms with Crippen molar-refractivity contribution in [1.82, 2.24) is 10.2 Å². The van der Waals surface area contributed by atoms with Crippen molar-refractivity contribution in [3.63, 3.8) is 0 Å². The molecule has 42 heavy (non-hydrogen) atoms. The normalized spacial score (nSPS) is 18.0. The number of aryl methyl sites for hydroxylation is 1. The fraction of sp³-hybridized carbons (Fsp3) is 0.310. The maximum absolute atomic E-state index is 13.6. The van der Waals surface area contributed by atoms with Gasteiger partial charge in [0.25, 0.3) is 0 Å². The average molecular weight is 604 g/mol. The lowest BCUT2D eigenvalue weighted by molar-refractivity contribution is -0.118. The Kier molecular flexibility index (Phi) is 7.94. The number of hydrogen-bond acceptors (Lipinski definition) is 11. The third kappa shape index (κ3) is 5.95. The van der Waals surface area contributed by atoms with Gasteiger partial charge >= 0.3 is 0 Å². The third-order valence-corrected chi connectivity index (χ3v) is 8.87. The average Bonchev–Trinajstić information content (AvgIpc) is 3.56. The maximum atomic E-state index is 13.6. The van der Waals surface area contributed by atoms with Crippen LogP contribution in [-0.4, -0.2) is 33.5 Å². The molecule has 0 saturated carbocycles. The molecule has 0 bridgehead atoms. The smallest absolute Gasteiger partial charge is 0.234 e. The van der Waals surface area contributed by atoms with Gasteiger partial charge in [0.2, 0.25) is 16.9 Å². The number of carbonyl (C=O) groups is 3. The van der Waals surface area contributed by atoms with Gasteiger partial charge in [-0.3, -0.25) is 19.3 Å². The molecular formula is C29H29N7O4S2. The Morgan fingerprint density at radius 1 is 1.17 bits per heavy atom. The quantitative estimate of drug-likeness (QED) is 0.310. The highest BCUT2D eigenvalue weighted by molar-refractivity contribution is 8.01. The molecule has 0 radical (unpaired) electrons. The Balaban J connectivity index is 1.38. The highest BCUT2D eigenvalue weighted by atomic mass is 32.2. The van der Waals surface area contributed by atoms with Crippen molar-refractivity contribution in [3.8, 4) is 6.07 Å². The first-order chi connectivity index (χ1) is 20.0. The molecule has 0 fully saturated rings. The van der Waals surface area contributed by atoms with E-state index in [0.717, 1.165) is 0 Å². The molecule has 1 aliphatic heterocycles. The molecule has 2 amide bonds. The first-order valence-corrected chi connectivity index (χ1v) is 14.9. The van der Waals surface area contributed by atoms with E-state index in [9.17, 15) is 19.6 Å². The Hall–Kier alpha value is -4.41. The molecule has 5 rings (SSSR count). The molecule has 1 unspecified atom stereocenters. The van der Waals surface area contributed by atoms with E-state index in [1.54, 1.807) is 41.3 Å². The molecule has 2 aliphatic rings. The van der Waals surface area contributed by atoms with E-state index < -0.39 is 5.92 Å². The Morgan fingerprint density at radius 2 is 1.86 bits per heavy atom. The topological polar surface area (TPSA) is 167 Å². The van der Waals surface area contributed by atoms with Crippen LogP contribution in [-0.2, 0) is 14.4 Å². The molecule has 1 atom stereocenters. The lowest BCUT2D eigenvalue weighted by atomic mass is 9.69. The number of nitrogens with one attached hydrogen (secondary N) is 2. The molecular weight excluding hydrogens is 574 g/mol. The van der Waals surface area contributed by atoms with Crippen molar-refractivity contribution in [2.45, 2.75) is 50.8 Å². The van der Waals surface area contributed by atoms with E-state index in [1.165, 1.54) is 30.0 Å². The van der Waals surface area contributed by atoms with Gasteiger partial charge in [0.1, 0.15) is 17.3 Å². The van der Waals surface area contributed by atoms with Gasteiger partial charge in [-0.05, 0) is 55.2 Å². The van der Waals surface area contributed by atoms with Gasteiger partial charge in [-0.2, -0.15) is 5.26 Å². The number of rotatable bonds is 7. The zero-order chi connectivity index (χ0) is 30.2. The van der Waals surface area contributed by atoms with Gasteiger partial charge in [0, 0.05) is 36.0 Å². The summed E-state index contributed by atoms with van der Waals surface area (Å²) in [5.41, 5.74) is 8.91. The molecule has 1 aromatic carbocycles. The predicted octanol–water partition coefficient (Wildman–Crippen LogP) is 5.07. The van der Waals surface area contributed by atoms with Gasteiger partial charge in [-0.25, -0.2) is 0 Å². The zero-order valence-electron chi connectivity index (χ0n) is 23.5. The third-order valence-electron chi connectivity index (χ3n) is 6.83. The number of amides is 2. The predicted molar refractivity (Wildman–Crippen MR) is 161 cm³/mol. The summed E-state index contributed by atoms with van der Waals surface area (Å²) >= 11 is 2.43. The summed E-state index contributed by atoms with van der Waals surface area (Å²) in [6.07, 6.45) is 0.867. The Bertz CT molecular complexity index is 1680. The van der Waals surface area contributed by atoms with Crippen LogP contribution in [0.15, 0.2) is 67.8 Å². The van der Waals surface area contributed by atoms with Gasteiger partial charge in [-0.1, -0.05) is 36.9 Å². The molecule has 11 nitrogen and oxygen atoms in total. The van der Waals surface area contributed by atoms with E-state index in [0.29, 0.717) is 56.5 Å². The monoisotopic (exact) mass is 603 g/mol. The molecule has 4 N–H and O–H groups in total. The lowest BCUT2D eigenvalue weighted by Gasteiger charge is -2.42. The minimum Gasteiger partial charge on any atom is -0.465 e. The van der Waals surface area contributed by atoms with Crippen LogP contribution in [0, 0.1) is 23.7 Å². The standard InChI is InChI=1S/C29H29N7O4S2/c1-15-5-10-22(40-15)24-19(13-30)26(31)36(20-11-29(3,4)12-21(38)25(20)24)27-34-35-28(42-27)41-14-23(39)33-18-8-6-17(7-9-18)32-16(2)37/h5-10,24H,11-12,14,31H2,1-4H3,(H,32,37)(H,33,39).